The molecule has 0 atom stereocenters. The molecule has 0 amide bonds. The van der Waals surface area contributed by atoms with E-state index in [0.29, 0.717) is 5.75 Å². The van der Waals surface area contributed by atoms with Crippen LogP contribution in [0, 0.1) is 0 Å². The summed E-state index contributed by atoms with van der Waals surface area (Å²) in [6, 6.07) is 13.4. The maximum absolute atomic E-state index is 10.1. The predicted octanol–water partition coefficient (Wildman–Crippen LogP) is 2.78. The van der Waals surface area contributed by atoms with E-state index in [2.05, 4.69) is 0 Å². The van der Waals surface area contributed by atoms with Crippen LogP contribution in [0.3, 0.4) is 0 Å². The molecule has 0 fully saturated rings. The van der Waals surface area contributed by atoms with Gasteiger partial charge in [0.1, 0.15) is 17.2 Å². The van der Waals surface area contributed by atoms with Crippen LogP contribution in [0.1, 0.15) is 11.1 Å². The Labute approximate surface area is 124 Å². The molecule has 0 bridgehead atoms. The van der Waals surface area contributed by atoms with Crippen LogP contribution in [0.25, 0.3) is 0 Å². The lowest BCUT2D eigenvalue weighted by atomic mass is 10.0. The summed E-state index contributed by atoms with van der Waals surface area (Å²) >= 11 is 0. The first kappa shape index (κ1) is 14.9. The molecule has 21 heavy (non-hydrogen) atoms. The van der Waals surface area contributed by atoms with Crippen molar-refractivity contribution < 1.29 is 19.0 Å². The molecule has 0 unspecified atom stereocenters. The number of hydrogen-bond acceptors (Lipinski definition) is 4. The van der Waals surface area contributed by atoms with Crippen molar-refractivity contribution in [3.05, 3.63) is 53.6 Å². The monoisotopic (exact) mass is 285 g/mol. The summed E-state index contributed by atoms with van der Waals surface area (Å²) in [6.07, 6.45) is 2.44. The molecule has 0 saturated heterocycles. The maximum Gasteiger partial charge on any atom is 0.239 e. The average Bonchev–Trinajstić information content (AvgIpc) is 2.54. The summed E-state index contributed by atoms with van der Waals surface area (Å²) < 4.78 is 15.7. The van der Waals surface area contributed by atoms with E-state index in [1.807, 2.05) is 42.5 Å². The molecule has 1 radical (unpaired) electrons. The summed E-state index contributed by atoms with van der Waals surface area (Å²) in [7, 11) is 3.27. The number of methoxy groups -OCH3 is 2. The molecule has 109 valence electrons. The number of ether oxygens (including phenoxy) is 3. The highest BCUT2D eigenvalue weighted by molar-refractivity contribution is 5.52. The molecule has 0 N–H and O–H groups in total. The second-order valence-corrected chi connectivity index (χ2v) is 4.43. The number of rotatable bonds is 7. The SMILES string of the molecule is COc1ccc(Cc2ccc(OC[C]=O)cc2)c(OC)c1. The second-order valence-electron chi connectivity index (χ2n) is 4.43. The molecule has 0 heterocycles. The number of benzene rings is 2. The first-order valence-electron chi connectivity index (χ1n) is 6.54. The van der Waals surface area contributed by atoms with Crippen LogP contribution in [0.15, 0.2) is 42.5 Å². The van der Waals surface area contributed by atoms with Crippen LogP contribution < -0.4 is 14.2 Å². The molecule has 0 spiro atoms. The zero-order valence-corrected chi connectivity index (χ0v) is 12.1. The van der Waals surface area contributed by atoms with E-state index in [4.69, 9.17) is 14.2 Å². The van der Waals surface area contributed by atoms with Gasteiger partial charge in [-0.2, -0.15) is 0 Å². The van der Waals surface area contributed by atoms with Gasteiger partial charge in [-0.1, -0.05) is 18.2 Å². The highest BCUT2D eigenvalue weighted by Crippen LogP contribution is 2.27. The molecule has 2 aromatic rings. The molecular formula is C17H17O4. The van der Waals surface area contributed by atoms with Gasteiger partial charge in [0.05, 0.1) is 14.2 Å². The molecular weight excluding hydrogens is 268 g/mol. The molecule has 2 rings (SSSR count). The summed E-state index contributed by atoms with van der Waals surface area (Å²) in [5.41, 5.74) is 2.20. The van der Waals surface area contributed by atoms with E-state index in [0.717, 1.165) is 29.0 Å². The van der Waals surface area contributed by atoms with E-state index in [1.165, 1.54) is 0 Å². The molecule has 0 saturated carbocycles. The predicted molar refractivity (Wildman–Crippen MR) is 80.0 cm³/mol. The summed E-state index contributed by atoms with van der Waals surface area (Å²) in [4.78, 5) is 10.1. The second kappa shape index (κ2) is 7.33. The van der Waals surface area contributed by atoms with Crippen LogP contribution in [0.4, 0.5) is 0 Å². The normalized spacial score (nSPS) is 10.0. The number of hydrogen-bond donors (Lipinski definition) is 0. The van der Waals surface area contributed by atoms with Crippen molar-refractivity contribution >= 4 is 6.29 Å². The summed E-state index contributed by atoms with van der Waals surface area (Å²) in [5, 5.41) is 0. The van der Waals surface area contributed by atoms with Crippen molar-refractivity contribution in [2.45, 2.75) is 6.42 Å². The Morgan fingerprint density at radius 2 is 1.67 bits per heavy atom. The van der Waals surface area contributed by atoms with Crippen LogP contribution in [0.5, 0.6) is 17.2 Å². The first-order chi connectivity index (χ1) is 10.3. The van der Waals surface area contributed by atoms with Crippen molar-refractivity contribution in [3.63, 3.8) is 0 Å². The van der Waals surface area contributed by atoms with Crippen molar-refractivity contribution in [2.24, 2.45) is 0 Å². The molecule has 0 aromatic heterocycles. The zero-order valence-electron chi connectivity index (χ0n) is 12.1. The van der Waals surface area contributed by atoms with Crippen LogP contribution in [-0.2, 0) is 11.2 Å². The van der Waals surface area contributed by atoms with Crippen molar-refractivity contribution in [2.75, 3.05) is 20.8 Å². The van der Waals surface area contributed by atoms with Gasteiger partial charge in [0, 0.05) is 12.5 Å². The topological polar surface area (TPSA) is 44.8 Å². The molecule has 4 heteroatoms. The number of carbonyl (C=O) groups excluding carboxylic acids is 1. The van der Waals surface area contributed by atoms with Gasteiger partial charge in [0.2, 0.25) is 6.29 Å². The van der Waals surface area contributed by atoms with Gasteiger partial charge < -0.3 is 14.2 Å². The minimum absolute atomic E-state index is 0.0500. The van der Waals surface area contributed by atoms with Gasteiger partial charge in [0.25, 0.3) is 0 Å². The third kappa shape index (κ3) is 3.99. The van der Waals surface area contributed by atoms with Crippen LogP contribution >= 0.6 is 0 Å². The smallest absolute Gasteiger partial charge is 0.239 e. The van der Waals surface area contributed by atoms with Crippen molar-refractivity contribution in [1.82, 2.24) is 0 Å². The van der Waals surface area contributed by atoms with Gasteiger partial charge in [-0.3, -0.25) is 4.79 Å². The maximum atomic E-state index is 10.1. The van der Waals surface area contributed by atoms with Crippen molar-refractivity contribution in [3.8, 4) is 17.2 Å². The Morgan fingerprint density at radius 3 is 2.29 bits per heavy atom. The fourth-order valence-corrected chi connectivity index (χ4v) is 2.03. The fourth-order valence-electron chi connectivity index (χ4n) is 2.03. The summed E-state index contributed by atoms with van der Waals surface area (Å²) in [6.45, 7) is -0.0500. The van der Waals surface area contributed by atoms with Gasteiger partial charge in [-0.05, 0) is 29.3 Å². The van der Waals surface area contributed by atoms with E-state index in [9.17, 15) is 4.79 Å². The van der Waals surface area contributed by atoms with Gasteiger partial charge >= 0.3 is 0 Å². The highest BCUT2D eigenvalue weighted by atomic mass is 16.5. The van der Waals surface area contributed by atoms with E-state index >= 15 is 0 Å². The Morgan fingerprint density at radius 1 is 0.952 bits per heavy atom. The van der Waals surface area contributed by atoms with E-state index in [1.54, 1.807) is 20.5 Å². The molecule has 0 aliphatic heterocycles. The minimum Gasteiger partial charge on any atom is -0.497 e. The highest BCUT2D eigenvalue weighted by Gasteiger charge is 2.06. The lowest BCUT2D eigenvalue weighted by molar-refractivity contribution is 0.365. The zero-order chi connectivity index (χ0) is 15.1. The Bertz CT molecular complexity index is 590. The lowest BCUT2D eigenvalue weighted by Gasteiger charge is -2.11. The summed E-state index contributed by atoms with van der Waals surface area (Å²) in [5.74, 6) is 2.22. The Hall–Kier alpha value is -2.49. The van der Waals surface area contributed by atoms with E-state index < -0.39 is 0 Å². The van der Waals surface area contributed by atoms with Crippen molar-refractivity contribution in [1.29, 1.82) is 0 Å². The molecule has 4 nitrogen and oxygen atoms in total. The first-order valence-corrected chi connectivity index (χ1v) is 6.54. The lowest BCUT2D eigenvalue weighted by Crippen LogP contribution is -1.98. The minimum atomic E-state index is -0.0500. The van der Waals surface area contributed by atoms with Gasteiger partial charge in [0.15, 0.2) is 6.61 Å². The molecule has 0 aliphatic rings. The van der Waals surface area contributed by atoms with Crippen LogP contribution in [-0.4, -0.2) is 27.1 Å². The largest absolute Gasteiger partial charge is 0.497 e. The van der Waals surface area contributed by atoms with Crippen LogP contribution in [0.2, 0.25) is 0 Å². The van der Waals surface area contributed by atoms with Gasteiger partial charge in [-0.15, -0.1) is 0 Å². The standard InChI is InChI=1S/C17H17O4/c1-19-16-8-5-14(17(12-16)20-2)11-13-3-6-15(7-4-13)21-10-9-18/h3-8,12H,10-11H2,1-2H3. The molecule has 0 aliphatic carbocycles. The third-order valence-electron chi connectivity index (χ3n) is 3.11. The van der Waals surface area contributed by atoms with E-state index in [-0.39, 0.29) is 6.61 Å². The Balaban J connectivity index is 2.12. The molecule has 2 aromatic carbocycles. The van der Waals surface area contributed by atoms with Gasteiger partial charge in [-0.25, -0.2) is 0 Å². The quantitative estimate of drug-likeness (QED) is 0.784. The Kier molecular flexibility index (Phi) is 5.21. The fraction of sp³-hybridized carbons (Fsp3) is 0.235. The third-order valence-corrected chi connectivity index (χ3v) is 3.11. The average molecular weight is 285 g/mol.